The van der Waals surface area contributed by atoms with E-state index >= 15 is 0 Å². The van der Waals surface area contributed by atoms with E-state index in [-0.39, 0.29) is 24.6 Å². The molecule has 37 heavy (non-hydrogen) atoms. The van der Waals surface area contributed by atoms with Crippen LogP contribution in [-0.2, 0) is 15.8 Å². The lowest BCUT2D eigenvalue weighted by Crippen LogP contribution is -2.34. The van der Waals surface area contributed by atoms with Gasteiger partial charge in [-0.3, -0.25) is 9.36 Å². The van der Waals surface area contributed by atoms with Crippen LogP contribution < -0.4 is 18.9 Å². The van der Waals surface area contributed by atoms with Gasteiger partial charge in [-0.15, -0.1) is 10.2 Å². The van der Waals surface area contributed by atoms with E-state index in [1.165, 1.54) is 31.2 Å². The molecular weight excluding hydrogens is 502 g/mol. The van der Waals surface area contributed by atoms with Gasteiger partial charge in [-0.1, -0.05) is 12.1 Å². The number of rotatable bonds is 10. The van der Waals surface area contributed by atoms with Crippen LogP contribution in [0.4, 0.5) is 0 Å². The number of sulfonamides is 1. The van der Waals surface area contributed by atoms with Gasteiger partial charge in [-0.2, -0.15) is 0 Å². The van der Waals surface area contributed by atoms with Gasteiger partial charge in [0.25, 0.3) is 0 Å². The monoisotopic (exact) mass is 527 g/mol. The smallest absolute Gasteiger partial charge is 0.303 e. The summed E-state index contributed by atoms with van der Waals surface area (Å²) < 4.78 is 45.3. The highest BCUT2D eigenvalue weighted by atomic mass is 32.2. The highest BCUT2D eigenvalue weighted by Crippen LogP contribution is 2.36. The first kappa shape index (κ1) is 25.5. The summed E-state index contributed by atoms with van der Waals surface area (Å²) in [4.78, 5) is 25.5. The number of pyridine rings is 1. The van der Waals surface area contributed by atoms with Crippen LogP contribution in [0.15, 0.2) is 54.9 Å². The summed E-state index contributed by atoms with van der Waals surface area (Å²) in [7, 11) is -1.30. The molecule has 0 atom stereocenters. The Hall–Kier alpha value is -4.59. The second-order valence-electron chi connectivity index (χ2n) is 7.34. The molecule has 0 aliphatic carbocycles. The molecule has 0 aliphatic heterocycles. The SMILES string of the molecule is CCOc1cccc(-c2nnc(C(=O)NS(=O)(=O)Cc3ncccn3)n2-c2c(OC)cccc2OC)n1.[HH]. The second-order valence-corrected chi connectivity index (χ2v) is 9.07. The first-order chi connectivity index (χ1) is 17.9. The maximum atomic E-state index is 13.3. The molecule has 0 unspecified atom stereocenters. The van der Waals surface area contributed by atoms with Gasteiger partial charge in [-0.25, -0.2) is 28.1 Å². The van der Waals surface area contributed by atoms with Crippen LogP contribution >= 0.6 is 0 Å². The number of carbonyl (C=O) groups excluding carboxylic acids is 1. The first-order valence-corrected chi connectivity index (χ1v) is 12.6. The van der Waals surface area contributed by atoms with Crippen molar-refractivity contribution in [2.75, 3.05) is 20.8 Å². The number of amides is 1. The average molecular weight is 528 g/mol. The fourth-order valence-electron chi connectivity index (χ4n) is 3.43. The minimum absolute atomic E-state index is 0. The van der Waals surface area contributed by atoms with E-state index in [1.54, 1.807) is 42.5 Å². The molecular formula is C23H25N7O6S. The Morgan fingerprint density at radius 2 is 1.68 bits per heavy atom. The predicted molar refractivity (Wildman–Crippen MR) is 133 cm³/mol. The van der Waals surface area contributed by atoms with Gasteiger partial charge in [0.1, 0.15) is 34.5 Å². The van der Waals surface area contributed by atoms with Crippen LogP contribution in [0.1, 0.15) is 24.8 Å². The minimum atomic E-state index is -4.19. The zero-order valence-electron chi connectivity index (χ0n) is 20.2. The Morgan fingerprint density at radius 3 is 2.32 bits per heavy atom. The average Bonchev–Trinajstić information content (AvgIpc) is 3.33. The number of ether oxygens (including phenoxy) is 3. The Kier molecular flexibility index (Phi) is 7.57. The van der Waals surface area contributed by atoms with Crippen molar-refractivity contribution in [1.29, 1.82) is 0 Å². The molecule has 1 aromatic carbocycles. The number of carbonyl (C=O) groups is 1. The van der Waals surface area contributed by atoms with Crippen molar-refractivity contribution < 1.29 is 28.8 Å². The third-order valence-electron chi connectivity index (χ3n) is 4.92. The number of nitrogens with one attached hydrogen (secondary N) is 1. The van der Waals surface area contributed by atoms with Crippen molar-refractivity contribution in [1.82, 2.24) is 34.4 Å². The summed E-state index contributed by atoms with van der Waals surface area (Å²) in [5, 5.41) is 8.15. The summed E-state index contributed by atoms with van der Waals surface area (Å²) in [6.45, 7) is 2.21. The zero-order chi connectivity index (χ0) is 26.4. The quantitative estimate of drug-likeness (QED) is 0.321. The normalized spacial score (nSPS) is 11.1. The topological polar surface area (TPSA) is 160 Å². The van der Waals surface area contributed by atoms with Crippen LogP contribution in [-0.4, -0.2) is 64.9 Å². The van der Waals surface area contributed by atoms with Crippen molar-refractivity contribution in [2.45, 2.75) is 12.7 Å². The van der Waals surface area contributed by atoms with Crippen molar-refractivity contribution in [2.24, 2.45) is 0 Å². The zero-order valence-corrected chi connectivity index (χ0v) is 21.0. The lowest BCUT2D eigenvalue weighted by molar-refractivity contribution is 0.0969. The lowest BCUT2D eigenvalue weighted by Gasteiger charge is -2.17. The fraction of sp³-hybridized carbons (Fsp3) is 0.217. The summed E-state index contributed by atoms with van der Waals surface area (Å²) in [5.74, 6) is -0.893. The number of hydrogen-bond acceptors (Lipinski definition) is 11. The van der Waals surface area contributed by atoms with E-state index in [1.807, 2.05) is 11.6 Å². The molecule has 0 radical (unpaired) electrons. The maximum Gasteiger partial charge on any atom is 0.303 e. The highest BCUT2D eigenvalue weighted by Gasteiger charge is 2.29. The standard InChI is InChI=1S/C23H23N7O6S.H2/c1-4-36-19-11-5-8-15(26-19)21-27-28-22(30(21)20-16(34-2)9-6-10-17(20)35-3)23(31)29-37(32,33)14-18-24-12-7-13-25-18;/h5-13H,4,14H2,1-3H3,(H,29,31);1H. The number of para-hydroxylation sites is 1. The summed E-state index contributed by atoms with van der Waals surface area (Å²) >= 11 is 0. The van der Waals surface area contributed by atoms with E-state index in [0.29, 0.717) is 29.7 Å². The number of hydrogen-bond donors (Lipinski definition) is 1. The molecule has 1 N–H and O–H groups in total. The Balaban J connectivity index is 0.00000400. The molecule has 4 aromatic rings. The van der Waals surface area contributed by atoms with Gasteiger partial charge in [0.2, 0.25) is 21.7 Å². The lowest BCUT2D eigenvalue weighted by atomic mass is 10.2. The molecule has 194 valence electrons. The molecule has 3 aromatic heterocycles. The van der Waals surface area contributed by atoms with E-state index in [0.717, 1.165) is 0 Å². The molecule has 4 rings (SSSR count). The summed E-state index contributed by atoms with van der Waals surface area (Å²) in [6.07, 6.45) is 2.81. The van der Waals surface area contributed by atoms with E-state index in [9.17, 15) is 13.2 Å². The maximum absolute atomic E-state index is 13.3. The molecule has 14 heteroatoms. The molecule has 13 nitrogen and oxygen atoms in total. The molecule has 0 aliphatic rings. The van der Waals surface area contributed by atoms with Gasteiger partial charge in [0.05, 0.1) is 20.8 Å². The first-order valence-electron chi connectivity index (χ1n) is 10.9. The van der Waals surface area contributed by atoms with E-state index in [4.69, 9.17) is 14.2 Å². The highest BCUT2D eigenvalue weighted by molar-refractivity contribution is 7.89. The molecule has 0 saturated carbocycles. The van der Waals surface area contributed by atoms with Gasteiger partial charge in [0, 0.05) is 19.9 Å². The number of benzene rings is 1. The summed E-state index contributed by atoms with van der Waals surface area (Å²) in [6, 6.07) is 11.6. The van der Waals surface area contributed by atoms with E-state index < -0.39 is 21.7 Å². The molecule has 0 saturated heterocycles. The Bertz CT molecular complexity index is 1490. The van der Waals surface area contributed by atoms with Crippen molar-refractivity contribution in [3.8, 4) is 34.6 Å². The third kappa shape index (κ3) is 5.64. The molecule has 0 fully saturated rings. The van der Waals surface area contributed by atoms with Gasteiger partial charge < -0.3 is 14.2 Å². The summed E-state index contributed by atoms with van der Waals surface area (Å²) in [5.41, 5.74) is 0.580. The van der Waals surface area contributed by atoms with Crippen LogP contribution in [0, 0.1) is 0 Å². The van der Waals surface area contributed by atoms with Gasteiger partial charge in [0.15, 0.2) is 5.82 Å². The van der Waals surface area contributed by atoms with Crippen molar-refractivity contribution in [3.63, 3.8) is 0 Å². The third-order valence-corrected chi connectivity index (χ3v) is 6.06. The van der Waals surface area contributed by atoms with Crippen LogP contribution in [0.2, 0.25) is 0 Å². The Labute approximate surface area is 214 Å². The largest absolute Gasteiger partial charge is 0.494 e. The molecule has 0 spiro atoms. The predicted octanol–water partition coefficient (Wildman–Crippen LogP) is 2.04. The number of nitrogens with zero attached hydrogens (tertiary/aromatic N) is 6. The molecule has 3 heterocycles. The van der Waals surface area contributed by atoms with E-state index in [2.05, 4.69) is 25.1 Å². The fourth-order valence-corrected chi connectivity index (χ4v) is 4.36. The minimum Gasteiger partial charge on any atom is -0.494 e. The van der Waals surface area contributed by atoms with Gasteiger partial charge in [-0.05, 0) is 31.2 Å². The van der Waals surface area contributed by atoms with Crippen LogP contribution in [0.25, 0.3) is 17.2 Å². The van der Waals surface area contributed by atoms with Gasteiger partial charge >= 0.3 is 5.91 Å². The van der Waals surface area contributed by atoms with Crippen LogP contribution in [0.3, 0.4) is 0 Å². The number of methoxy groups -OCH3 is 2. The Morgan fingerprint density at radius 1 is 1.00 bits per heavy atom. The molecule has 0 bridgehead atoms. The van der Waals surface area contributed by atoms with Crippen molar-refractivity contribution >= 4 is 15.9 Å². The second kappa shape index (κ2) is 11.0. The van der Waals surface area contributed by atoms with Crippen molar-refractivity contribution in [3.05, 3.63) is 66.5 Å². The number of aromatic nitrogens is 6. The molecule has 1 amide bonds. The van der Waals surface area contributed by atoms with Crippen LogP contribution in [0.5, 0.6) is 17.4 Å².